The highest BCUT2D eigenvalue weighted by atomic mass is 32.2. The Morgan fingerprint density at radius 1 is 1.15 bits per heavy atom. The molecule has 1 amide bonds. The molecule has 0 spiro atoms. The number of rotatable bonds is 8. The van der Waals surface area contributed by atoms with E-state index >= 15 is 0 Å². The zero-order valence-electron chi connectivity index (χ0n) is 15.2. The van der Waals surface area contributed by atoms with Gasteiger partial charge in [-0.15, -0.1) is 5.10 Å². The summed E-state index contributed by atoms with van der Waals surface area (Å²) in [4.78, 5) is 24.3. The van der Waals surface area contributed by atoms with Crippen LogP contribution in [0.5, 0.6) is 0 Å². The van der Waals surface area contributed by atoms with Crippen LogP contribution in [0, 0.1) is 6.92 Å². The van der Waals surface area contributed by atoms with Gasteiger partial charge in [0.25, 0.3) is 5.56 Å². The molecule has 0 saturated heterocycles. The molecule has 3 rings (SSSR count). The van der Waals surface area contributed by atoms with Crippen LogP contribution in [0.1, 0.15) is 17.5 Å². The number of carbonyl (C=O) groups is 1. The quantitative estimate of drug-likeness (QED) is 0.606. The molecular formula is C20H22N4O2S. The summed E-state index contributed by atoms with van der Waals surface area (Å²) in [6.45, 7) is 2.90. The summed E-state index contributed by atoms with van der Waals surface area (Å²) in [6.07, 6.45) is 0.204. The second-order valence-corrected chi connectivity index (χ2v) is 7.38. The van der Waals surface area contributed by atoms with Crippen LogP contribution in [0.2, 0.25) is 0 Å². The number of carbonyl (C=O) groups excluding carboxylic acids is 1. The number of aryl methyl sites for hydroxylation is 2. The molecule has 0 radical (unpaired) electrons. The van der Waals surface area contributed by atoms with Gasteiger partial charge >= 0.3 is 0 Å². The first kappa shape index (κ1) is 19.1. The number of hydrogen-bond donors (Lipinski definition) is 1. The lowest BCUT2D eigenvalue weighted by molar-refractivity contribution is -0.121. The van der Waals surface area contributed by atoms with Gasteiger partial charge in [-0.2, -0.15) is 11.8 Å². The monoisotopic (exact) mass is 382 g/mol. The van der Waals surface area contributed by atoms with Crippen LogP contribution in [0.4, 0.5) is 0 Å². The maximum absolute atomic E-state index is 12.3. The minimum atomic E-state index is -0.220. The van der Waals surface area contributed by atoms with E-state index in [1.807, 2.05) is 6.07 Å². The van der Waals surface area contributed by atoms with Crippen molar-refractivity contribution in [3.63, 3.8) is 0 Å². The second-order valence-electron chi connectivity index (χ2n) is 6.27. The zero-order valence-corrected chi connectivity index (χ0v) is 16.0. The Labute approximate surface area is 162 Å². The Balaban J connectivity index is 1.39. The number of aromatic nitrogens is 3. The summed E-state index contributed by atoms with van der Waals surface area (Å²) in [6, 6.07) is 15.5. The Hall–Kier alpha value is -2.67. The summed E-state index contributed by atoms with van der Waals surface area (Å²) in [5.74, 6) is 1.68. The van der Waals surface area contributed by atoms with Crippen molar-refractivity contribution in [1.29, 1.82) is 0 Å². The molecule has 3 aromatic rings. The van der Waals surface area contributed by atoms with Gasteiger partial charge in [0.2, 0.25) is 5.91 Å². The highest BCUT2D eigenvalue weighted by Crippen LogP contribution is 2.12. The van der Waals surface area contributed by atoms with E-state index in [-0.39, 0.29) is 24.4 Å². The number of hydrogen-bond acceptors (Lipinski definition) is 5. The van der Waals surface area contributed by atoms with Crippen molar-refractivity contribution in [1.82, 2.24) is 20.3 Å². The van der Waals surface area contributed by atoms with Crippen LogP contribution < -0.4 is 10.9 Å². The fraction of sp³-hybridized carbons (Fsp3) is 0.300. The topological polar surface area (TPSA) is 76.9 Å². The molecule has 2 aromatic carbocycles. The van der Waals surface area contributed by atoms with E-state index in [0.29, 0.717) is 17.4 Å². The van der Waals surface area contributed by atoms with Crippen LogP contribution in [-0.4, -0.2) is 33.2 Å². The van der Waals surface area contributed by atoms with Gasteiger partial charge in [-0.25, -0.2) is 4.68 Å². The van der Waals surface area contributed by atoms with E-state index < -0.39 is 0 Å². The van der Waals surface area contributed by atoms with Gasteiger partial charge in [0.05, 0.1) is 11.9 Å². The molecule has 0 aliphatic rings. The fourth-order valence-corrected chi connectivity index (χ4v) is 3.42. The molecule has 1 N–H and O–H groups in total. The van der Waals surface area contributed by atoms with Gasteiger partial charge in [0, 0.05) is 24.5 Å². The molecule has 0 saturated carbocycles. The summed E-state index contributed by atoms with van der Waals surface area (Å²) in [5.41, 5.74) is 2.88. The number of nitrogens with one attached hydrogen (secondary N) is 1. The van der Waals surface area contributed by atoms with Crippen molar-refractivity contribution in [2.45, 2.75) is 25.6 Å². The molecule has 7 heteroatoms. The van der Waals surface area contributed by atoms with E-state index in [4.69, 9.17) is 0 Å². The molecule has 1 heterocycles. The van der Waals surface area contributed by atoms with E-state index in [0.717, 1.165) is 11.5 Å². The molecule has 0 aliphatic heterocycles. The number of thioether (sulfide) groups is 1. The molecular weight excluding hydrogens is 360 g/mol. The SMILES string of the molecule is Cc1ccc(CSCCNC(=O)CCn2nnc3ccccc3c2=O)cc1. The van der Waals surface area contributed by atoms with E-state index in [1.54, 1.807) is 30.0 Å². The summed E-state index contributed by atoms with van der Waals surface area (Å²) in [5, 5.41) is 11.3. The minimum Gasteiger partial charge on any atom is -0.355 e. The fourth-order valence-electron chi connectivity index (χ4n) is 2.60. The summed E-state index contributed by atoms with van der Waals surface area (Å²) in [7, 11) is 0. The average Bonchev–Trinajstić information content (AvgIpc) is 2.69. The molecule has 0 aliphatic carbocycles. The molecule has 6 nitrogen and oxygen atoms in total. The molecule has 0 unspecified atom stereocenters. The van der Waals surface area contributed by atoms with Crippen molar-refractivity contribution in [3.05, 3.63) is 70.0 Å². The van der Waals surface area contributed by atoms with Crippen LogP contribution in [0.25, 0.3) is 10.9 Å². The Kier molecular flexibility index (Phi) is 6.59. The maximum Gasteiger partial charge on any atom is 0.277 e. The molecule has 140 valence electrons. The highest BCUT2D eigenvalue weighted by Gasteiger charge is 2.07. The van der Waals surface area contributed by atoms with Crippen LogP contribution in [0.15, 0.2) is 53.3 Å². The summed E-state index contributed by atoms with van der Waals surface area (Å²) < 4.78 is 1.24. The third-order valence-corrected chi connectivity index (χ3v) is 5.17. The Bertz CT molecular complexity index is 970. The lowest BCUT2D eigenvalue weighted by atomic mass is 10.2. The molecule has 0 atom stereocenters. The van der Waals surface area contributed by atoms with E-state index in [2.05, 4.69) is 46.8 Å². The smallest absolute Gasteiger partial charge is 0.277 e. The van der Waals surface area contributed by atoms with E-state index in [9.17, 15) is 9.59 Å². The predicted molar refractivity (Wildman–Crippen MR) is 109 cm³/mol. The number of benzene rings is 2. The molecule has 1 aromatic heterocycles. The number of amides is 1. The predicted octanol–water partition coefficient (Wildman–Crippen LogP) is 2.54. The minimum absolute atomic E-state index is 0.0900. The number of nitrogens with zero attached hydrogens (tertiary/aromatic N) is 3. The normalized spacial score (nSPS) is 10.9. The first-order chi connectivity index (χ1) is 13.1. The van der Waals surface area contributed by atoms with Crippen LogP contribution in [-0.2, 0) is 17.1 Å². The third kappa shape index (κ3) is 5.40. The van der Waals surface area contributed by atoms with Gasteiger partial charge in [0.15, 0.2) is 0 Å². The van der Waals surface area contributed by atoms with Gasteiger partial charge in [-0.1, -0.05) is 47.2 Å². The van der Waals surface area contributed by atoms with Crippen molar-refractivity contribution in [3.8, 4) is 0 Å². The van der Waals surface area contributed by atoms with Crippen molar-refractivity contribution in [2.24, 2.45) is 0 Å². The average molecular weight is 382 g/mol. The van der Waals surface area contributed by atoms with Crippen molar-refractivity contribution in [2.75, 3.05) is 12.3 Å². The standard InChI is InChI=1S/C20H22N4O2S/c1-15-6-8-16(9-7-15)14-27-13-11-21-19(25)10-12-24-20(26)17-4-2-3-5-18(17)22-23-24/h2-9H,10-14H2,1H3,(H,21,25). The first-order valence-corrected chi connectivity index (χ1v) is 10.0. The van der Waals surface area contributed by atoms with E-state index in [1.165, 1.54) is 15.8 Å². The van der Waals surface area contributed by atoms with Crippen LogP contribution in [0.3, 0.4) is 0 Å². The van der Waals surface area contributed by atoms with Gasteiger partial charge in [0.1, 0.15) is 5.52 Å². The van der Waals surface area contributed by atoms with Crippen molar-refractivity contribution >= 4 is 28.6 Å². The van der Waals surface area contributed by atoms with Gasteiger partial charge < -0.3 is 5.32 Å². The second kappa shape index (κ2) is 9.32. The highest BCUT2D eigenvalue weighted by molar-refractivity contribution is 7.98. The molecule has 0 fully saturated rings. The first-order valence-electron chi connectivity index (χ1n) is 8.86. The summed E-state index contributed by atoms with van der Waals surface area (Å²) >= 11 is 1.78. The van der Waals surface area contributed by atoms with Gasteiger partial charge in [-0.3, -0.25) is 9.59 Å². The largest absolute Gasteiger partial charge is 0.355 e. The lowest BCUT2D eigenvalue weighted by Crippen LogP contribution is -2.30. The molecule has 0 bridgehead atoms. The maximum atomic E-state index is 12.3. The number of fused-ring (bicyclic) bond motifs is 1. The lowest BCUT2D eigenvalue weighted by Gasteiger charge is -2.07. The van der Waals surface area contributed by atoms with Gasteiger partial charge in [-0.05, 0) is 24.6 Å². The molecule has 27 heavy (non-hydrogen) atoms. The Morgan fingerprint density at radius 3 is 2.74 bits per heavy atom. The van der Waals surface area contributed by atoms with Crippen LogP contribution >= 0.6 is 11.8 Å². The van der Waals surface area contributed by atoms with Crippen molar-refractivity contribution < 1.29 is 4.79 Å². The Morgan fingerprint density at radius 2 is 1.93 bits per heavy atom. The zero-order chi connectivity index (χ0) is 19.1. The third-order valence-electron chi connectivity index (χ3n) is 4.14.